The van der Waals surface area contributed by atoms with Crippen molar-refractivity contribution in [3.63, 3.8) is 0 Å². The van der Waals surface area contributed by atoms with E-state index in [9.17, 15) is 0 Å². The van der Waals surface area contributed by atoms with Crippen molar-refractivity contribution in [2.75, 3.05) is 6.61 Å². The van der Waals surface area contributed by atoms with Gasteiger partial charge in [-0.3, -0.25) is 5.26 Å². The molecule has 0 unspecified atom stereocenters. The molecule has 1 N–H and O–H groups in total. The minimum absolute atomic E-state index is 0.500. The fourth-order valence-electron chi connectivity index (χ4n) is 5.90. The minimum atomic E-state index is 0.500. The van der Waals surface area contributed by atoms with Crippen LogP contribution in [0.3, 0.4) is 0 Å². The van der Waals surface area contributed by atoms with Crippen LogP contribution in [0.5, 0.6) is 0 Å². The molecule has 0 spiro atoms. The molecule has 0 aromatic heterocycles. The van der Waals surface area contributed by atoms with Crippen LogP contribution in [0.2, 0.25) is 0 Å². The van der Waals surface area contributed by atoms with E-state index in [0.717, 1.165) is 6.42 Å². The Hall–Kier alpha value is -0.0800. The summed E-state index contributed by atoms with van der Waals surface area (Å²) in [7, 11) is 0. The van der Waals surface area contributed by atoms with Gasteiger partial charge in [-0.15, -0.1) is 0 Å². The topological polar surface area (TPSA) is 29.5 Å². The van der Waals surface area contributed by atoms with E-state index < -0.39 is 0 Å². The Labute approximate surface area is 241 Å². The summed E-state index contributed by atoms with van der Waals surface area (Å²) in [6.45, 7) is 2.80. The van der Waals surface area contributed by atoms with Crippen LogP contribution in [-0.4, -0.2) is 11.9 Å². The van der Waals surface area contributed by atoms with Crippen molar-refractivity contribution in [3.05, 3.63) is 0 Å². The van der Waals surface area contributed by atoms with Gasteiger partial charge in [0.2, 0.25) is 0 Å². The highest BCUT2D eigenvalue weighted by Crippen LogP contribution is 2.17. The van der Waals surface area contributed by atoms with Gasteiger partial charge in [0.25, 0.3) is 0 Å². The second-order valence-corrected chi connectivity index (χ2v) is 12.5. The van der Waals surface area contributed by atoms with Gasteiger partial charge in [0, 0.05) is 0 Å². The van der Waals surface area contributed by atoms with E-state index in [2.05, 4.69) is 11.8 Å². The predicted molar refractivity (Wildman–Crippen MR) is 171 cm³/mol. The van der Waals surface area contributed by atoms with Crippen LogP contribution < -0.4 is 0 Å². The Morgan fingerprint density at radius 3 is 0.579 bits per heavy atom. The second kappa shape index (κ2) is 36.9. The van der Waals surface area contributed by atoms with Crippen molar-refractivity contribution < 1.29 is 10.1 Å². The molecule has 0 bridgehead atoms. The van der Waals surface area contributed by atoms with Crippen molar-refractivity contribution in [2.24, 2.45) is 0 Å². The van der Waals surface area contributed by atoms with E-state index in [-0.39, 0.29) is 0 Å². The fourth-order valence-corrected chi connectivity index (χ4v) is 5.90. The number of hydrogen-bond donors (Lipinski definition) is 1. The zero-order chi connectivity index (χ0) is 27.5. The van der Waals surface area contributed by atoms with Crippen LogP contribution in [0, 0.1) is 0 Å². The molecule has 0 rings (SSSR count). The molecule has 2 heteroatoms. The zero-order valence-corrected chi connectivity index (χ0v) is 26.6. The molecule has 0 aromatic rings. The normalized spacial score (nSPS) is 11.5. The first-order valence-corrected chi connectivity index (χ1v) is 18.2. The van der Waals surface area contributed by atoms with Gasteiger partial charge in [-0.05, 0) is 6.42 Å². The molecule has 0 heterocycles. The maximum atomic E-state index is 8.28. The maximum absolute atomic E-state index is 8.28. The molecule has 0 atom stereocenters. The number of hydrogen-bond acceptors (Lipinski definition) is 2. The fraction of sp³-hybridized carbons (Fsp3) is 1.00. The van der Waals surface area contributed by atoms with Gasteiger partial charge in [-0.25, -0.2) is 4.89 Å². The highest BCUT2D eigenvalue weighted by Gasteiger charge is 1.97. The third-order valence-electron chi connectivity index (χ3n) is 8.59. The van der Waals surface area contributed by atoms with Crippen LogP contribution in [0.15, 0.2) is 0 Å². The van der Waals surface area contributed by atoms with Crippen LogP contribution in [0.1, 0.15) is 225 Å². The van der Waals surface area contributed by atoms with Crippen LogP contribution in [-0.2, 0) is 4.89 Å². The SMILES string of the molecule is CCCCCCCCCCCCCCCCCCCCCCCCCCCCCCCCCCCCOO. The van der Waals surface area contributed by atoms with Crippen molar-refractivity contribution in [1.29, 1.82) is 0 Å². The Kier molecular flexibility index (Phi) is 36.8. The molecular weight excluding hydrogens is 464 g/mol. The van der Waals surface area contributed by atoms with Crippen LogP contribution in [0.25, 0.3) is 0 Å². The van der Waals surface area contributed by atoms with Gasteiger partial charge in [-0.1, -0.05) is 219 Å². The van der Waals surface area contributed by atoms with Gasteiger partial charge in [0.15, 0.2) is 0 Å². The maximum Gasteiger partial charge on any atom is 0.0819 e. The van der Waals surface area contributed by atoms with E-state index in [1.54, 1.807) is 0 Å². The summed E-state index contributed by atoms with van der Waals surface area (Å²) in [6, 6.07) is 0. The molecule has 0 saturated carbocycles. The van der Waals surface area contributed by atoms with Gasteiger partial charge in [-0.2, -0.15) is 0 Å². The monoisotopic (exact) mass is 539 g/mol. The lowest BCUT2D eigenvalue weighted by Gasteiger charge is -2.05. The Balaban J connectivity index is 3.01. The van der Waals surface area contributed by atoms with Crippen LogP contribution in [0.4, 0.5) is 0 Å². The molecular formula is C36H74O2. The van der Waals surface area contributed by atoms with Gasteiger partial charge >= 0.3 is 0 Å². The van der Waals surface area contributed by atoms with E-state index in [4.69, 9.17) is 5.26 Å². The van der Waals surface area contributed by atoms with E-state index >= 15 is 0 Å². The first-order valence-electron chi connectivity index (χ1n) is 18.2. The molecule has 38 heavy (non-hydrogen) atoms. The highest BCUT2D eigenvalue weighted by molar-refractivity contribution is 4.53. The summed E-state index contributed by atoms with van der Waals surface area (Å²) in [5, 5.41) is 8.28. The molecule has 2 nitrogen and oxygen atoms in total. The number of unbranched alkanes of at least 4 members (excludes halogenated alkanes) is 33. The van der Waals surface area contributed by atoms with Crippen LogP contribution >= 0.6 is 0 Å². The zero-order valence-electron chi connectivity index (χ0n) is 26.6. The standard InChI is InChI=1S/C36H74O2/c1-2-3-4-5-6-7-8-9-10-11-12-13-14-15-16-17-18-19-20-21-22-23-24-25-26-27-28-29-30-31-32-33-34-35-36-38-37/h37H,2-36H2,1H3. The smallest absolute Gasteiger partial charge is 0.0819 e. The molecule has 0 aromatic carbocycles. The molecule has 0 aliphatic rings. The molecule has 0 aliphatic heterocycles. The lowest BCUT2D eigenvalue weighted by Crippen LogP contribution is -1.88. The first-order chi connectivity index (χ1) is 18.9. The second-order valence-electron chi connectivity index (χ2n) is 12.5. The first kappa shape index (κ1) is 37.9. The summed E-state index contributed by atoms with van der Waals surface area (Å²) in [5.41, 5.74) is 0. The lowest BCUT2D eigenvalue weighted by atomic mass is 10.0. The van der Waals surface area contributed by atoms with Crippen molar-refractivity contribution in [1.82, 2.24) is 0 Å². The molecule has 230 valence electrons. The third-order valence-corrected chi connectivity index (χ3v) is 8.59. The van der Waals surface area contributed by atoms with Gasteiger partial charge in [0.05, 0.1) is 6.61 Å². The molecule has 0 aliphatic carbocycles. The predicted octanol–water partition coefficient (Wildman–Crippen LogP) is 13.8. The quantitative estimate of drug-likeness (QED) is 0.0494. The summed E-state index contributed by atoms with van der Waals surface area (Å²) in [4.78, 5) is 4.11. The summed E-state index contributed by atoms with van der Waals surface area (Å²) >= 11 is 0. The van der Waals surface area contributed by atoms with Gasteiger partial charge in [0.1, 0.15) is 0 Å². The molecule has 0 fully saturated rings. The van der Waals surface area contributed by atoms with E-state index in [1.165, 1.54) is 212 Å². The van der Waals surface area contributed by atoms with Crippen molar-refractivity contribution >= 4 is 0 Å². The average Bonchev–Trinajstić information content (AvgIpc) is 2.93. The highest BCUT2D eigenvalue weighted by atomic mass is 17.1. The van der Waals surface area contributed by atoms with Crippen molar-refractivity contribution in [2.45, 2.75) is 225 Å². The number of rotatable bonds is 35. The molecule has 0 saturated heterocycles. The average molecular weight is 539 g/mol. The summed E-state index contributed by atoms with van der Waals surface area (Å²) < 4.78 is 0. The van der Waals surface area contributed by atoms with Gasteiger partial charge < -0.3 is 0 Å². The third kappa shape index (κ3) is 35.9. The Morgan fingerprint density at radius 1 is 0.263 bits per heavy atom. The largest absolute Gasteiger partial charge is 0.252 e. The molecule has 0 amide bonds. The summed E-state index contributed by atoms with van der Waals surface area (Å²) in [6.07, 6.45) is 48.8. The molecule has 0 radical (unpaired) electrons. The van der Waals surface area contributed by atoms with E-state index in [0.29, 0.717) is 6.61 Å². The Morgan fingerprint density at radius 2 is 0.421 bits per heavy atom. The van der Waals surface area contributed by atoms with E-state index in [1.807, 2.05) is 0 Å². The minimum Gasteiger partial charge on any atom is -0.252 e. The van der Waals surface area contributed by atoms with Crippen molar-refractivity contribution in [3.8, 4) is 0 Å². The summed E-state index contributed by atoms with van der Waals surface area (Å²) in [5.74, 6) is 0. The Bertz CT molecular complexity index is 348. The lowest BCUT2D eigenvalue weighted by molar-refractivity contribution is -0.242.